The molecule has 0 radical (unpaired) electrons. The van der Waals surface area contributed by atoms with Gasteiger partial charge < -0.3 is 25.6 Å². The van der Waals surface area contributed by atoms with Crippen LogP contribution in [0.4, 0.5) is 21.6 Å². The minimum absolute atomic E-state index is 0. The Labute approximate surface area is 202 Å². The second-order valence-corrected chi connectivity index (χ2v) is 7.83. The molecule has 0 saturated heterocycles. The molecule has 8 nitrogen and oxygen atoms in total. The van der Waals surface area contributed by atoms with Crippen molar-refractivity contribution in [2.24, 2.45) is 0 Å². The molecule has 0 fully saturated rings. The van der Waals surface area contributed by atoms with Crippen molar-refractivity contribution in [1.29, 1.82) is 0 Å². The third kappa shape index (κ3) is 6.25. The van der Waals surface area contributed by atoms with Gasteiger partial charge in [-0.25, -0.2) is 4.39 Å². The maximum Gasteiger partial charge on any atom is 0.257 e. The number of hydrogen-bond donors (Lipinski definition) is 4. The van der Waals surface area contributed by atoms with Crippen LogP contribution in [-0.4, -0.2) is 47.7 Å². The van der Waals surface area contributed by atoms with Crippen LogP contribution in [0.2, 0.25) is 5.02 Å². The maximum atomic E-state index is 14.4. The number of nitrogens with zero attached hydrogens (tertiary/aromatic N) is 2. The van der Waals surface area contributed by atoms with E-state index in [4.69, 9.17) is 11.6 Å². The molecule has 0 aliphatic heterocycles. The summed E-state index contributed by atoms with van der Waals surface area (Å²) in [5.41, 5.74) is 0.712. The van der Waals surface area contributed by atoms with Gasteiger partial charge in [0.2, 0.25) is 0 Å². The van der Waals surface area contributed by atoms with Crippen molar-refractivity contribution in [3.63, 3.8) is 0 Å². The molecular formula is C22H25ClFN5O3S. The predicted octanol–water partition coefficient (Wildman–Crippen LogP) is 3.26. The number of aliphatic hydroxyl groups excluding tert-OH is 1. The highest BCUT2D eigenvalue weighted by Gasteiger charge is 2.18. The first kappa shape index (κ1) is 26.2. The third-order valence-corrected chi connectivity index (χ3v) is 4.81. The predicted molar refractivity (Wildman–Crippen MR) is 134 cm³/mol. The van der Waals surface area contributed by atoms with E-state index in [1.807, 2.05) is 0 Å². The van der Waals surface area contributed by atoms with E-state index in [-0.39, 0.29) is 41.8 Å². The first-order valence-corrected chi connectivity index (χ1v) is 10.1. The van der Waals surface area contributed by atoms with Crippen LogP contribution in [0.5, 0.6) is 0 Å². The fraction of sp³-hybridized carbons (Fsp3) is 0.227. The van der Waals surface area contributed by atoms with Gasteiger partial charge in [-0.15, -0.1) is 0 Å². The standard InChI is InChI=1S/C22H23ClFN5O3.H2S/c1-12(30)10-26-21(31)16-11-25-7-6-18(16)27-19-9-15(22(32)28-20(19)29(2)3)14-8-13(23)4-5-17(14)24;/h4-9,11-12,30H,10H2,1-3H3,(H,25,27)(H,26,31)(H,28,32);1H2/t12-;/m0./s1. The molecular weight excluding hydrogens is 469 g/mol. The van der Waals surface area contributed by atoms with Crippen LogP contribution < -0.4 is 21.1 Å². The lowest BCUT2D eigenvalue weighted by Gasteiger charge is -2.20. The van der Waals surface area contributed by atoms with Crippen molar-refractivity contribution in [3.05, 3.63) is 69.5 Å². The van der Waals surface area contributed by atoms with Gasteiger partial charge in [-0.05, 0) is 37.3 Å². The highest BCUT2D eigenvalue weighted by atomic mass is 35.5. The molecule has 0 unspecified atom stereocenters. The van der Waals surface area contributed by atoms with E-state index < -0.39 is 23.4 Å². The molecule has 176 valence electrons. The van der Waals surface area contributed by atoms with Crippen molar-refractivity contribution in [2.75, 3.05) is 30.9 Å². The minimum atomic E-state index is -0.707. The molecule has 1 aromatic carbocycles. The SMILES string of the molecule is C[C@H](O)CNC(=O)c1cnccc1Nc1cc(-c2cc(Cl)ccc2F)c(=O)[nH]c1N(C)C.S. The number of pyridine rings is 2. The topological polar surface area (TPSA) is 110 Å². The van der Waals surface area contributed by atoms with Crippen LogP contribution in [-0.2, 0) is 0 Å². The van der Waals surface area contributed by atoms with Crippen molar-refractivity contribution in [2.45, 2.75) is 13.0 Å². The van der Waals surface area contributed by atoms with Crippen LogP contribution >= 0.6 is 25.1 Å². The second kappa shape index (κ2) is 11.2. The Morgan fingerprint density at radius 3 is 2.64 bits per heavy atom. The van der Waals surface area contributed by atoms with E-state index in [0.29, 0.717) is 17.2 Å². The van der Waals surface area contributed by atoms with Crippen molar-refractivity contribution in [1.82, 2.24) is 15.3 Å². The summed E-state index contributed by atoms with van der Waals surface area (Å²) < 4.78 is 14.4. The van der Waals surface area contributed by atoms with E-state index >= 15 is 0 Å². The lowest BCUT2D eigenvalue weighted by atomic mass is 10.1. The molecule has 1 atom stereocenters. The smallest absolute Gasteiger partial charge is 0.257 e. The number of carbonyl (C=O) groups excluding carboxylic acids is 1. The van der Waals surface area contributed by atoms with Gasteiger partial charge >= 0.3 is 0 Å². The molecule has 2 heterocycles. The molecule has 4 N–H and O–H groups in total. The molecule has 11 heteroatoms. The van der Waals surface area contributed by atoms with E-state index in [1.165, 1.54) is 36.7 Å². The molecule has 0 aliphatic rings. The van der Waals surface area contributed by atoms with Crippen LogP contribution in [0, 0.1) is 5.82 Å². The summed E-state index contributed by atoms with van der Waals surface area (Å²) in [4.78, 5) is 33.7. The number of rotatable bonds is 7. The first-order chi connectivity index (χ1) is 15.2. The summed E-state index contributed by atoms with van der Waals surface area (Å²) in [6.45, 7) is 1.63. The molecule has 33 heavy (non-hydrogen) atoms. The Balaban J connectivity index is 0.00000385. The van der Waals surface area contributed by atoms with E-state index in [1.54, 1.807) is 32.0 Å². The Morgan fingerprint density at radius 2 is 1.97 bits per heavy atom. The van der Waals surface area contributed by atoms with Gasteiger partial charge in [0.05, 0.1) is 28.6 Å². The number of hydrogen-bond acceptors (Lipinski definition) is 6. The Kier molecular flexibility index (Phi) is 8.86. The van der Waals surface area contributed by atoms with Gasteiger partial charge in [-0.2, -0.15) is 13.5 Å². The zero-order valence-corrected chi connectivity index (χ0v) is 20.0. The summed E-state index contributed by atoms with van der Waals surface area (Å²) >= 11 is 6.01. The zero-order valence-electron chi connectivity index (χ0n) is 18.2. The average molecular weight is 494 g/mol. The van der Waals surface area contributed by atoms with Crippen molar-refractivity contribution >= 4 is 48.2 Å². The molecule has 3 aromatic rings. The number of aromatic nitrogens is 2. The average Bonchev–Trinajstić information content (AvgIpc) is 2.75. The highest BCUT2D eigenvalue weighted by molar-refractivity contribution is 7.59. The van der Waals surface area contributed by atoms with E-state index in [2.05, 4.69) is 20.6 Å². The fourth-order valence-electron chi connectivity index (χ4n) is 3.04. The monoisotopic (exact) mass is 493 g/mol. The van der Waals surface area contributed by atoms with E-state index in [9.17, 15) is 19.1 Å². The van der Waals surface area contributed by atoms with Crippen LogP contribution in [0.15, 0.2) is 47.5 Å². The Bertz CT molecular complexity index is 1200. The molecule has 3 rings (SSSR count). The summed E-state index contributed by atoms with van der Waals surface area (Å²) in [5, 5.41) is 15.5. The van der Waals surface area contributed by atoms with Gasteiger partial charge in [0.15, 0.2) is 0 Å². The van der Waals surface area contributed by atoms with Crippen LogP contribution in [0.25, 0.3) is 11.1 Å². The summed E-state index contributed by atoms with van der Waals surface area (Å²) in [5.74, 6) is -0.600. The van der Waals surface area contributed by atoms with Gasteiger partial charge in [-0.3, -0.25) is 14.6 Å². The number of amides is 1. The quantitative estimate of drug-likeness (QED) is 0.402. The van der Waals surface area contributed by atoms with Crippen LogP contribution in [0.3, 0.4) is 0 Å². The number of halogens is 2. The minimum Gasteiger partial charge on any atom is -0.392 e. The molecule has 0 aliphatic carbocycles. The van der Waals surface area contributed by atoms with Crippen molar-refractivity contribution < 1.29 is 14.3 Å². The Morgan fingerprint density at radius 1 is 1.24 bits per heavy atom. The number of H-pyrrole nitrogens is 1. The van der Waals surface area contributed by atoms with Crippen molar-refractivity contribution in [3.8, 4) is 11.1 Å². The second-order valence-electron chi connectivity index (χ2n) is 7.40. The molecule has 1 amide bonds. The fourth-order valence-corrected chi connectivity index (χ4v) is 3.21. The number of aliphatic hydroxyl groups is 1. The number of benzene rings is 1. The number of aromatic amines is 1. The number of carbonyl (C=O) groups is 1. The largest absolute Gasteiger partial charge is 0.392 e. The third-order valence-electron chi connectivity index (χ3n) is 4.58. The zero-order chi connectivity index (χ0) is 23.4. The van der Waals surface area contributed by atoms with E-state index in [0.717, 1.165) is 0 Å². The van der Waals surface area contributed by atoms with Gasteiger partial charge in [0, 0.05) is 43.6 Å². The molecule has 0 bridgehead atoms. The first-order valence-electron chi connectivity index (χ1n) is 9.74. The molecule has 2 aromatic heterocycles. The number of nitrogens with one attached hydrogen (secondary N) is 3. The maximum absolute atomic E-state index is 14.4. The van der Waals surface area contributed by atoms with Gasteiger partial charge in [0.25, 0.3) is 11.5 Å². The normalized spacial score (nSPS) is 11.3. The summed E-state index contributed by atoms with van der Waals surface area (Å²) in [6, 6.07) is 7.07. The summed E-state index contributed by atoms with van der Waals surface area (Å²) in [7, 11) is 3.47. The van der Waals surface area contributed by atoms with Crippen LogP contribution in [0.1, 0.15) is 17.3 Å². The summed E-state index contributed by atoms with van der Waals surface area (Å²) in [6.07, 6.45) is 2.19. The van der Waals surface area contributed by atoms with Gasteiger partial charge in [0.1, 0.15) is 11.6 Å². The number of anilines is 3. The highest BCUT2D eigenvalue weighted by Crippen LogP contribution is 2.31. The lowest BCUT2D eigenvalue weighted by Crippen LogP contribution is -2.31. The lowest BCUT2D eigenvalue weighted by molar-refractivity contribution is 0.0924. The Hall–Kier alpha value is -3.08. The van der Waals surface area contributed by atoms with Gasteiger partial charge in [-0.1, -0.05) is 11.6 Å². The molecule has 0 spiro atoms. The molecule has 0 saturated carbocycles.